The average Bonchev–Trinajstić information content (AvgIpc) is 2.67. The van der Waals surface area contributed by atoms with Crippen molar-refractivity contribution in [1.29, 1.82) is 0 Å². The highest BCUT2D eigenvalue weighted by atomic mass is 32.1. The number of hydrogen-bond acceptors (Lipinski definition) is 4. The van der Waals surface area contributed by atoms with E-state index in [0.29, 0.717) is 9.20 Å². The van der Waals surface area contributed by atoms with Gasteiger partial charge in [0.05, 0.1) is 15.3 Å². The van der Waals surface area contributed by atoms with Crippen molar-refractivity contribution >= 4 is 30.0 Å². The Balaban J connectivity index is 2.18. The predicted octanol–water partition coefficient (Wildman–Crippen LogP) is 0.287. The molecule has 0 unspecified atom stereocenters. The Morgan fingerprint density at radius 1 is 1.53 bits per heavy atom. The maximum atomic E-state index is 11.6. The molecule has 2 N–H and O–H groups in total. The van der Waals surface area contributed by atoms with Crippen molar-refractivity contribution < 1.29 is 14.6 Å². The first-order chi connectivity index (χ1) is 9.06. The van der Waals surface area contributed by atoms with E-state index in [2.05, 4.69) is 11.6 Å². The van der Waals surface area contributed by atoms with Gasteiger partial charge in [0.15, 0.2) is 0 Å². The monoisotopic (exact) mass is 283 g/mol. The molecule has 1 aromatic heterocycles. The lowest BCUT2D eigenvalue weighted by atomic mass is 9.86. The summed E-state index contributed by atoms with van der Waals surface area (Å²) in [5, 5.41) is 8.67. The molecule has 0 aromatic carbocycles. The number of carboxylic acid groups (broad SMARTS) is 1. The van der Waals surface area contributed by atoms with E-state index in [-0.39, 0.29) is 24.2 Å². The van der Waals surface area contributed by atoms with Gasteiger partial charge < -0.3 is 14.8 Å². The first-order valence-corrected chi connectivity index (χ1v) is 7.11. The highest BCUT2D eigenvalue weighted by molar-refractivity contribution is 7.07. The fraction of sp³-hybridized carbons (Fsp3) is 0.538. The number of ether oxygens (including phenoxy) is 1. The van der Waals surface area contributed by atoms with Gasteiger partial charge in [-0.3, -0.25) is 4.79 Å². The summed E-state index contributed by atoms with van der Waals surface area (Å²) in [6.45, 7) is 3.43. The summed E-state index contributed by atoms with van der Waals surface area (Å²) in [6, 6.07) is 0. The van der Waals surface area contributed by atoms with Crippen LogP contribution in [0.1, 0.15) is 25.7 Å². The summed E-state index contributed by atoms with van der Waals surface area (Å²) in [5.41, 5.74) is -0.127. The van der Waals surface area contributed by atoms with Crippen LogP contribution in [0.25, 0.3) is 12.7 Å². The summed E-state index contributed by atoms with van der Waals surface area (Å²) in [4.78, 5) is 24.9. The standard InChI is InChI=1S/C13H17NO4S/c1-8-14-13(17)11(19-8)6-9-4-2-3-5-10(9)18-7-12(15)16/h6,9-10H,1-5,7H2,(H,14,17)(H,15,16)/b11-6-/t9-,10-/m1/s1. The van der Waals surface area contributed by atoms with Crippen LogP contribution in [0.15, 0.2) is 4.79 Å². The van der Waals surface area contributed by atoms with Gasteiger partial charge in [-0.2, -0.15) is 0 Å². The quantitative estimate of drug-likeness (QED) is 0.832. The number of hydrogen-bond donors (Lipinski definition) is 2. The number of aromatic nitrogens is 1. The minimum absolute atomic E-state index is 0.104. The van der Waals surface area contributed by atoms with E-state index in [1.165, 1.54) is 11.3 Å². The van der Waals surface area contributed by atoms with E-state index in [4.69, 9.17) is 9.84 Å². The summed E-state index contributed by atoms with van der Waals surface area (Å²) >= 11 is 1.33. The Labute approximate surface area is 114 Å². The van der Waals surface area contributed by atoms with Crippen LogP contribution < -0.4 is 14.8 Å². The van der Waals surface area contributed by atoms with Crippen LogP contribution in [0, 0.1) is 5.92 Å². The number of thiazole rings is 1. The maximum absolute atomic E-state index is 11.6. The van der Waals surface area contributed by atoms with Crippen molar-refractivity contribution in [3.63, 3.8) is 0 Å². The molecule has 0 radical (unpaired) electrons. The molecule has 0 saturated heterocycles. The molecular formula is C13H17NO4S. The molecule has 1 saturated carbocycles. The molecule has 1 aliphatic carbocycles. The van der Waals surface area contributed by atoms with Gasteiger partial charge >= 0.3 is 5.97 Å². The minimum Gasteiger partial charge on any atom is -0.480 e. The van der Waals surface area contributed by atoms with Gasteiger partial charge in [0.2, 0.25) is 0 Å². The number of nitrogens with one attached hydrogen (secondary N) is 1. The van der Waals surface area contributed by atoms with Crippen molar-refractivity contribution in [3.8, 4) is 0 Å². The average molecular weight is 283 g/mol. The topological polar surface area (TPSA) is 79.4 Å². The number of aliphatic carboxylic acids is 1. The zero-order chi connectivity index (χ0) is 13.8. The van der Waals surface area contributed by atoms with Crippen LogP contribution in [-0.2, 0) is 9.53 Å². The molecule has 2 atom stereocenters. The number of aromatic amines is 1. The SMILES string of the molecule is C=c1[nH]c(=O)/c(=C/[C@H]2CCCC[C@H]2OCC(=O)O)s1. The van der Waals surface area contributed by atoms with Crippen molar-refractivity contribution in [3.05, 3.63) is 19.5 Å². The second-order valence-corrected chi connectivity index (χ2v) is 5.84. The summed E-state index contributed by atoms with van der Waals surface area (Å²) < 4.78 is 6.70. The first-order valence-electron chi connectivity index (χ1n) is 6.29. The second-order valence-electron chi connectivity index (χ2n) is 4.70. The van der Waals surface area contributed by atoms with Crippen LogP contribution in [-0.4, -0.2) is 28.8 Å². The third kappa shape index (κ3) is 3.78. The highest BCUT2D eigenvalue weighted by Gasteiger charge is 2.24. The van der Waals surface area contributed by atoms with Gasteiger partial charge in [0.1, 0.15) is 6.61 Å². The van der Waals surface area contributed by atoms with Gasteiger partial charge in [-0.1, -0.05) is 25.5 Å². The minimum atomic E-state index is -0.960. The summed E-state index contributed by atoms with van der Waals surface area (Å²) in [7, 11) is 0. The zero-order valence-corrected chi connectivity index (χ0v) is 11.4. The maximum Gasteiger partial charge on any atom is 0.329 e. The van der Waals surface area contributed by atoms with E-state index in [1.807, 2.05) is 6.08 Å². The zero-order valence-electron chi connectivity index (χ0n) is 10.6. The Morgan fingerprint density at radius 2 is 2.26 bits per heavy atom. The molecule has 0 spiro atoms. The van der Waals surface area contributed by atoms with E-state index < -0.39 is 5.97 Å². The number of carboxylic acids is 1. The lowest BCUT2D eigenvalue weighted by molar-refractivity contribution is -0.145. The molecule has 5 nitrogen and oxygen atoms in total. The van der Waals surface area contributed by atoms with Crippen LogP contribution >= 0.6 is 11.3 Å². The molecular weight excluding hydrogens is 266 g/mol. The fourth-order valence-electron chi connectivity index (χ4n) is 2.40. The molecule has 104 valence electrons. The van der Waals surface area contributed by atoms with Gasteiger partial charge in [0, 0.05) is 5.92 Å². The van der Waals surface area contributed by atoms with Crippen molar-refractivity contribution in [2.75, 3.05) is 6.61 Å². The van der Waals surface area contributed by atoms with Crippen LogP contribution in [0.2, 0.25) is 0 Å². The van der Waals surface area contributed by atoms with Crippen molar-refractivity contribution in [1.82, 2.24) is 4.98 Å². The van der Waals surface area contributed by atoms with Gasteiger partial charge in [-0.25, -0.2) is 4.79 Å². The molecule has 0 amide bonds. The van der Waals surface area contributed by atoms with Gasteiger partial charge in [0.25, 0.3) is 5.56 Å². The molecule has 1 heterocycles. The largest absolute Gasteiger partial charge is 0.480 e. The molecule has 0 aliphatic heterocycles. The van der Waals surface area contributed by atoms with Gasteiger partial charge in [-0.15, -0.1) is 11.3 Å². The fourth-order valence-corrected chi connectivity index (χ4v) is 3.19. The Bertz CT molecular complexity index is 603. The van der Waals surface area contributed by atoms with E-state index >= 15 is 0 Å². The van der Waals surface area contributed by atoms with E-state index in [0.717, 1.165) is 25.7 Å². The normalized spacial score (nSPS) is 24.5. The third-order valence-electron chi connectivity index (χ3n) is 3.25. The smallest absolute Gasteiger partial charge is 0.329 e. The lowest BCUT2D eigenvalue weighted by Gasteiger charge is -2.28. The Morgan fingerprint density at radius 3 is 2.89 bits per heavy atom. The molecule has 1 fully saturated rings. The van der Waals surface area contributed by atoms with Crippen molar-refractivity contribution in [2.45, 2.75) is 31.8 Å². The van der Waals surface area contributed by atoms with E-state index in [1.54, 1.807) is 0 Å². The summed E-state index contributed by atoms with van der Waals surface area (Å²) in [6.07, 6.45) is 5.68. The number of carbonyl (C=O) groups is 1. The number of H-pyrrole nitrogens is 1. The highest BCUT2D eigenvalue weighted by Crippen LogP contribution is 2.27. The third-order valence-corrected chi connectivity index (χ3v) is 4.14. The predicted molar refractivity (Wildman–Crippen MR) is 73.5 cm³/mol. The molecule has 0 bridgehead atoms. The Kier molecular flexibility index (Phi) is 4.55. The Hall–Kier alpha value is -1.40. The van der Waals surface area contributed by atoms with Crippen molar-refractivity contribution in [2.24, 2.45) is 5.92 Å². The van der Waals surface area contributed by atoms with E-state index in [9.17, 15) is 9.59 Å². The molecule has 19 heavy (non-hydrogen) atoms. The molecule has 1 aliphatic rings. The molecule has 2 rings (SSSR count). The molecule has 1 aromatic rings. The second kappa shape index (κ2) is 6.16. The van der Waals surface area contributed by atoms with Crippen LogP contribution in [0.5, 0.6) is 0 Å². The van der Waals surface area contributed by atoms with Crippen LogP contribution in [0.3, 0.4) is 0 Å². The van der Waals surface area contributed by atoms with Gasteiger partial charge in [-0.05, 0) is 12.8 Å². The first kappa shape index (κ1) is 14.0. The lowest BCUT2D eigenvalue weighted by Crippen LogP contribution is -2.31. The number of rotatable bonds is 4. The van der Waals surface area contributed by atoms with Crippen LogP contribution in [0.4, 0.5) is 0 Å². The molecule has 6 heteroatoms. The summed E-state index contributed by atoms with van der Waals surface area (Å²) in [5.74, 6) is -0.856.